The minimum Gasteiger partial charge on any atom is -0.497 e. The number of aryl methyl sites for hydroxylation is 1. The maximum absolute atomic E-state index is 11.9. The number of benzene rings is 1. The van der Waals surface area contributed by atoms with Crippen LogP contribution in [0, 0.1) is 0 Å². The van der Waals surface area contributed by atoms with E-state index in [9.17, 15) is 4.79 Å². The zero-order valence-electron chi connectivity index (χ0n) is 11.2. The molecule has 4 heteroatoms. The first-order valence-corrected chi connectivity index (χ1v) is 6.51. The van der Waals surface area contributed by atoms with E-state index in [1.54, 1.807) is 7.11 Å². The first-order valence-electron chi connectivity index (χ1n) is 6.51. The number of aromatic amines is 1. The molecule has 2 aromatic rings. The van der Waals surface area contributed by atoms with Gasteiger partial charge in [0.2, 0.25) is 0 Å². The minimum atomic E-state index is -0.160. The van der Waals surface area contributed by atoms with Gasteiger partial charge in [-0.25, -0.2) is 0 Å². The van der Waals surface area contributed by atoms with Crippen molar-refractivity contribution in [3.63, 3.8) is 0 Å². The third-order valence-corrected chi connectivity index (χ3v) is 3.90. The second-order valence-corrected chi connectivity index (χ2v) is 4.90. The van der Waals surface area contributed by atoms with Gasteiger partial charge in [-0.2, -0.15) is 0 Å². The quantitative estimate of drug-likeness (QED) is 0.844. The van der Waals surface area contributed by atoms with Gasteiger partial charge in [-0.05, 0) is 37.0 Å². The predicted octanol–water partition coefficient (Wildman–Crippen LogP) is 2.77. The fraction of sp³-hybridized carbons (Fsp3) is 0.400. The van der Waals surface area contributed by atoms with Crippen LogP contribution in [-0.2, 0) is 16.0 Å². The maximum atomic E-state index is 11.9. The molecule has 1 aromatic heterocycles. The molecule has 1 aromatic carbocycles. The van der Waals surface area contributed by atoms with Crippen molar-refractivity contribution in [2.75, 3.05) is 14.2 Å². The van der Waals surface area contributed by atoms with Crippen LogP contribution >= 0.6 is 0 Å². The van der Waals surface area contributed by atoms with E-state index in [1.165, 1.54) is 18.1 Å². The van der Waals surface area contributed by atoms with E-state index >= 15 is 0 Å². The molecule has 1 atom stereocenters. The average molecular weight is 259 g/mol. The molecule has 1 aliphatic carbocycles. The largest absolute Gasteiger partial charge is 0.497 e. The summed E-state index contributed by atoms with van der Waals surface area (Å²) in [6.45, 7) is 0. The van der Waals surface area contributed by atoms with E-state index in [2.05, 4.69) is 11.1 Å². The number of methoxy groups -OCH3 is 2. The molecular weight excluding hydrogens is 242 g/mol. The number of aromatic nitrogens is 1. The van der Waals surface area contributed by atoms with E-state index < -0.39 is 0 Å². The Hall–Kier alpha value is -1.97. The third kappa shape index (κ3) is 1.87. The molecule has 1 N–H and O–H groups in total. The van der Waals surface area contributed by atoms with Crippen molar-refractivity contribution >= 4 is 16.9 Å². The van der Waals surface area contributed by atoms with Crippen molar-refractivity contribution in [1.82, 2.24) is 4.98 Å². The van der Waals surface area contributed by atoms with Gasteiger partial charge in [-0.15, -0.1) is 0 Å². The number of nitrogens with one attached hydrogen (secondary N) is 1. The third-order valence-electron chi connectivity index (χ3n) is 3.90. The fourth-order valence-electron chi connectivity index (χ4n) is 2.95. The Morgan fingerprint density at radius 3 is 2.95 bits per heavy atom. The first-order chi connectivity index (χ1) is 9.24. The van der Waals surface area contributed by atoms with Crippen molar-refractivity contribution in [3.05, 3.63) is 29.5 Å². The molecule has 0 radical (unpaired) electrons. The normalized spacial score (nSPS) is 18.1. The number of carbonyl (C=O) groups is 1. The van der Waals surface area contributed by atoms with Crippen LogP contribution in [0.15, 0.2) is 18.2 Å². The summed E-state index contributed by atoms with van der Waals surface area (Å²) < 4.78 is 10.1. The number of rotatable bonds is 2. The lowest BCUT2D eigenvalue weighted by Gasteiger charge is -2.20. The molecule has 19 heavy (non-hydrogen) atoms. The van der Waals surface area contributed by atoms with Gasteiger partial charge in [-0.3, -0.25) is 4.79 Å². The molecular formula is C15H17NO3. The number of ether oxygens (including phenoxy) is 2. The molecule has 3 rings (SSSR count). The summed E-state index contributed by atoms with van der Waals surface area (Å²) in [6.07, 6.45) is 2.88. The number of carbonyl (C=O) groups excluding carboxylic acids is 1. The first kappa shape index (κ1) is 12.1. The van der Waals surface area contributed by atoms with Crippen molar-refractivity contribution < 1.29 is 14.3 Å². The molecule has 1 aliphatic rings. The van der Waals surface area contributed by atoms with E-state index in [4.69, 9.17) is 9.47 Å². The summed E-state index contributed by atoms with van der Waals surface area (Å²) in [4.78, 5) is 15.2. The van der Waals surface area contributed by atoms with Crippen molar-refractivity contribution in [1.29, 1.82) is 0 Å². The minimum absolute atomic E-state index is 0.153. The molecule has 0 fully saturated rings. The molecule has 0 saturated heterocycles. The molecule has 0 unspecified atom stereocenters. The summed E-state index contributed by atoms with van der Waals surface area (Å²) in [5.74, 6) is 0.507. The maximum Gasteiger partial charge on any atom is 0.314 e. The molecule has 0 amide bonds. The number of fused-ring (bicyclic) bond motifs is 3. The number of H-pyrrole nitrogens is 1. The van der Waals surface area contributed by atoms with Gasteiger partial charge in [0.1, 0.15) is 5.75 Å². The van der Waals surface area contributed by atoms with E-state index in [-0.39, 0.29) is 11.9 Å². The number of esters is 1. The second kappa shape index (κ2) is 4.61. The molecule has 4 nitrogen and oxygen atoms in total. The summed E-state index contributed by atoms with van der Waals surface area (Å²) >= 11 is 0. The zero-order valence-corrected chi connectivity index (χ0v) is 11.2. The van der Waals surface area contributed by atoms with Crippen LogP contribution in [0.1, 0.15) is 30.0 Å². The van der Waals surface area contributed by atoms with Crippen LogP contribution in [0.4, 0.5) is 0 Å². The van der Waals surface area contributed by atoms with E-state index in [0.29, 0.717) is 0 Å². The van der Waals surface area contributed by atoms with Gasteiger partial charge in [0.05, 0.1) is 20.1 Å². The van der Waals surface area contributed by atoms with Crippen molar-refractivity contribution in [2.24, 2.45) is 0 Å². The summed E-state index contributed by atoms with van der Waals surface area (Å²) in [5, 5.41) is 1.18. The summed E-state index contributed by atoms with van der Waals surface area (Å²) in [6, 6.07) is 5.99. The highest BCUT2D eigenvalue weighted by molar-refractivity contribution is 5.89. The second-order valence-electron chi connectivity index (χ2n) is 4.90. The molecule has 0 spiro atoms. The lowest BCUT2D eigenvalue weighted by molar-refractivity contribution is -0.142. The fourth-order valence-corrected chi connectivity index (χ4v) is 2.95. The molecule has 0 bridgehead atoms. The monoisotopic (exact) mass is 259 g/mol. The highest BCUT2D eigenvalue weighted by Gasteiger charge is 2.30. The Morgan fingerprint density at radius 1 is 1.37 bits per heavy atom. The molecule has 1 heterocycles. The van der Waals surface area contributed by atoms with Crippen molar-refractivity contribution in [3.8, 4) is 5.75 Å². The van der Waals surface area contributed by atoms with Gasteiger partial charge in [0.15, 0.2) is 0 Å². The van der Waals surface area contributed by atoms with Crippen LogP contribution in [-0.4, -0.2) is 25.2 Å². The summed E-state index contributed by atoms with van der Waals surface area (Å²) in [5.41, 5.74) is 3.29. The van der Waals surface area contributed by atoms with E-state index in [0.717, 1.165) is 36.2 Å². The Balaban J connectivity index is 2.14. The average Bonchev–Trinajstić information content (AvgIpc) is 2.83. The van der Waals surface area contributed by atoms with Gasteiger partial charge in [0, 0.05) is 22.7 Å². The Kier molecular flexibility index (Phi) is 2.93. The predicted molar refractivity (Wildman–Crippen MR) is 72.5 cm³/mol. The summed E-state index contributed by atoms with van der Waals surface area (Å²) in [7, 11) is 3.10. The molecule has 100 valence electrons. The standard InChI is InChI=1S/C15H17NO3/c1-18-9-6-7-10-11-4-3-5-12(15(17)19-2)14(11)16-13(10)8-9/h6-8,12,16H,3-5H2,1-2H3/t12-/m1/s1. The van der Waals surface area contributed by atoms with Gasteiger partial charge < -0.3 is 14.5 Å². The Bertz CT molecular complexity index is 630. The van der Waals surface area contributed by atoms with Crippen LogP contribution in [0.3, 0.4) is 0 Å². The number of hydrogen-bond acceptors (Lipinski definition) is 3. The van der Waals surface area contributed by atoms with Crippen LogP contribution in [0.25, 0.3) is 10.9 Å². The smallest absolute Gasteiger partial charge is 0.314 e. The Labute approximate surface area is 111 Å². The van der Waals surface area contributed by atoms with Gasteiger partial charge in [0.25, 0.3) is 0 Å². The highest BCUT2D eigenvalue weighted by atomic mass is 16.5. The molecule has 0 saturated carbocycles. The van der Waals surface area contributed by atoms with Gasteiger partial charge >= 0.3 is 5.97 Å². The molecule has 0 aliphatic heterocycles. The highest BCUT2D eigenvalue weighted by Crippen LogP contribution is 2.37. The lowest BCUT2D eigenvalue weighted by Crippen LogP contribution is -2.19. The van der Waals surface area contributed by atoms with Crippen LogP contribution < -0.4 is 4.74 Å². The topological polar surface area (TPSA) is 51.3 Å². The van der Waals surface area contributed by atoms with Gasteiger partial charge in [-0.1, -0.05) is 0 Å². The zero-order chi connectivity index (χ0) is 13.4. The Morgan fingerprint density at radius 2 is 2.21 bits per heavy atom. The van der Waals surface area contributed by atoms with Crippen LogP contribution in [0.5, 0.6) is 5.75 Å². The van der Waals surface area contributed by atoms with Crippen LogP contribution in [0.2, 0.25) is 0 Å². The SMILES string of the molecule is COC(=O)[C@@H]1CCCc2c1[nH]c1cc(OC)ccc21. The lowest BCUT2D eigenvalue weighted by atomic mass is 9.87. The number of hydrogen-bond donors (Lipinski definition) is 1. The van der Waals surface area contributed by atoms with E-state index in [1.807, 2.05) is 12.1 Å². The van der Waals surface area contributed by atoms with Crippen molar-refractivity contribution in [2.45, 2.75) is 25.2 Å².